The van der Waals surface area contributed by atoms with Crippen LogP contribution in [0.2, 0.25) is 0 Å². The van der Waals surface area contributed by atoms with Crippen LogP contribution in [-0.4, -0.2) is 31.4 Å². The van der Waals surface area contributed by atoms with Crippen molar-refractivity contribution in [2.75, 3.05) is 11.9 Å². The summed E-state index contributed by atoms with van der Waals surface area (Å²) in [6.07, 6.45) is 4.27. The van der Waals surface area contributed by atoms with Gasteiger partial charge in [0.15, 0.2) is 0 Å². The monoisotopic (exact) mass is 413 g/mol. The Labute approximate surface area is 168 Å². The first kappa shape index (κ1) is 20.4. The highest BCUT2D eigenvalue weighted by molar-refractivity contribution is 5.93. The van der Waals surface area contributed by atoms with Gasteiger partial charge in [0.05, 0.1) is 32.4 Å². The summed E-state index contributed by atoms with van der Waals surface area (Å²) in [4.78, 5) is 32.1. The molecule has 0 saturated carbocycles. The predicted octanol–water partition coefficient (Wildman–Crippen LogP) is 3.71. The van der Waals surface area contributed by atoms with Crippen molar-refractivity contribution in [3.63, 3.8) is 0 Å². The number of anilines is 1. The van der Waals surface area contributed by atoms with E-state index in [-0.39, 0.29) is 0 Å². The first-order valence-corrected chi connectivity index (χ1v) is 8.70. The molecule has 0 spiro atoms. The van der Waals surface area contributed by atoms with Crippen molar-refractivity contribution in [3.8, 4) is 5.75 Å². The van der Waals surface area contributed by atoms with Crippen molar-refractivity contribution >= 4 is 33.7 Å². The normalized spacial score (nSPS) is 12.1. The summed E-state index contributed by atoms with van der Waals surface area (Å²) in [5.41, 5.74) is 0.803. The quantitative estimate of drug-likeness (QED) is 0.479. The molecule has 0 radical (unpaired) electrons. The summed E-state index contributed by atoms with van der Waals surface area (Å²) in [6.45, 7) is 1.08. The minimum Gasteiger partial charge on any atom is -0.497 e. The molecule has 0 aliphatic carbocycles. The fourth-order valence-electron chi connectivity index (χ4n) is 3.08. The summed E-state index contributed by atoms with van der Waals surface area (Å²) in [7, 11) is 0. The number of nitrogens with zero attached hydrogens (tertiary/aromatic N) is 4. The SMILES string of the molecule is O=[N+]([O-])c1cc([N+](=O)[O-])c(O)c([N+](=O)[O-])c1.c1cnc2ccc3c(c2c1)NCCC3. The standard InChI is InChI=1S/C12H12N2.C6H3N3O7/c1-3-9-5-6-11-10(4-2-7-13-11)12(9)14-8-1;10-6-4(8(13)14)1-3(7(11)12)2-5(6)9(15)16/h2,4-7,14H,1,3,8H2;1-2,10H. The molecule has 2 N–H and O–H groups in total. The van der Waals surface area contributed by atoms with E-state index < -0.39 is 37.6 Å². The number of hydrogen-bond donors (Lipinski definition) is 2. The summed E-state index contributed by atoms with van der Waals surface area (Å²) in [5, 5.41) is 44.9. The van der Waals surface area contributed by atoms with Gasteiger partial charge in [0.1, 0.15) is 0 Å². The molecule has 1 aliphatic rings. The number of nitro groups is 3. The molecule has 2 heterocycles. The van der Waals surface area contributed by atoms with E-state index in [1.807, 2.05) is 12.3 Å². The molecule has 0 saturated heterocycles. The van der Waals surface area contributed by atoms with E-state index in [4.69, 9.17) is 5.11 Å². The first-order chi connectivity index (χ1) is 14.3. The highest BCUT2D eigenvalue weighted by Crippen LogP contribution is 2.39. The number of nitrogens with one attached hydrogen (secondary N) is 1. The number of phenols is 1. The van der Waals surface area contributed by atoms with Crippen molar-refractivity contribution in [1.29, 1.82) is 0 Å². The zero-order valence-electron chi connectivity index (χ0n) is 15.3. The van der Waals surface area contributed by atoms with Crippen LogP contribution in [0.4, 0.5) is 22.7 Å². The molecule has 0 fully saturated rings. The second-order valence-corrected chi connectivity index (χ2v) is 6.30. The fraction of sp³-hybridized carbons (Fsp3) is 0.167. The lowest BCUT2D eigenvalue weighted by molar-refractivity contribution is -0.404. The van der Waals surface area contributed by atoms with E-state index in [0.717, 1.165) is 12.1 Å². The number of aryl methyl sites for hydroxylation is 1. The van der Waals surface area contributed by atoms with Crippen LogP contribution in [0.3, 0.4) is 0 Å². The number of aromatic nitrogens is 1. The Hall–Kier alpha value is -4.35. The van der Waals surface area contributed by atoms with Gasteiger partial charge in [0.2, 0.25) is 0 Å². The maximum atomic E-state index is 10.4. The smallest absolute Gasteiger partial charge is 0.324 e. The van der Waals surface area contributed by atoms with Crippen LogP contribution in [0.1, 0.15) is 12.0 Å². The minimum atomic E-state index is -1.21. The molecule has 1 aromatic heterocycles. The Morgan fingerprint density at radius 3 is 2.23 bits per heavy atom. The van der Waals surface area contributed by atoms with Crippen LogP contribution in [-0.2, 0) is 6.42 Å². The van der Waals surface area contributed by atoms with E-state index >= 15 is 0 Å². The van der Waals surface area contributed by atoms with Gasteiger partial charge in [-0.2, -0.15) is 0 Å². The van der Waals surface area contributed by atoms with Gasteiger partial charge in [0, 0.05) is 23.8 Å². The third-order valence-corrected chi connectivity index (χ3v) is 4.45. The fourth-order valence-corrected chi connectivity index (χ4v) is 3.08. The topological polar surface area (TPSA) is 175 Å². The Morgan fingerprint density at radius 1 is 0.967 bits per heavy atom. The molecule has 1 aliphatic heterocycles. The molecule has 0 bridgehead atoms. The van der Waals surface area contributed by atoms with Gasteiger partial charge in [-0.15, -0.1) is 0 Å². The van der Waals surface area contributed by atoms with Gasteiger partial charge in [-0.25, -0.2) is 0 Å². The van der Waals surface area contributed by atoms with E-state index in [1.165, 1.54) is 29.5 Å². The van der Waals surface area contributed by atoms with Gasteiger partial charge in [-0.05, 0) is 36.6 Å². The molecule has 12 heteroatoms. The first-order valence-electron chi connectivity index (χ1n) is 8.70. The summed E-state index contributed by atoms with van der Waals surface area (Å²) < 4.78 is 0. The van der Waals surface area contributed by atoms with Gasteiger partial charge in [-0.1, -0.05) is 6.07 Å². The molecule has 0 atom stereocenters. The second-order valence-electron chi connectivity index (χ2n) is 6.30. The molecule has 12 nitrogen and oxygen atoms in total. The van der Waals surface area contributed by atoms with Gasteiger partial charge in [0.25, 0.3) is 11.4 Å². The van der Waals surface area contributed by atoms with Crippen molar-refractivity contribution in [1.82, 2.24) is 4.98 Å². The molecule has 2 aromatic carbocycles. The van der Waals surface area contributed by atoms with Gasteiger partial charge in [-0.3, -0.25) is 35.3 Å². The molecular formula is C18H15N5O7. The number of phenolic OH excluding ortho intramolecular Hbond substituents is 1. The Bertz CT molecular complexity index is 1130. The Kier molecular flexibility index (Phi) is 5.67. The lowest BCUT2D eigenvalue weighted by atomic mass is 10.00. The molecule has 0 amide bonds. The zero-order chi connectivity index (χ0) is 21.8. The lowest BCUT2D eigenvalue weighted by Crippen LogP contribution is -2.11. The van der Waals surface area contributed by atoms with Crippen LogP contribution in [0.25, 0.3) is 10.9 Å². The molecule has 3 aromatic rings. The average molecular weight is 413 g/mol. The largest absolute Gasteiger partial charge is 0.497 e. The molecular weight excluding hydrogens is 398 g/mol. The molecule has 30 heavy (non-hydrogen) atoms. The van der Waals surface area contributed by atoms with Crippen LogP contribution >= 0.6 is 0 Å². The Balaban J connectivity index is 0.000000171. The van der Waals surface area contributed by atoms with E-state index in [1.54, 1.807) is 0 Å². The lowest BCUT2D eigenvalue weighted by Gasteiger charge is -2.19. The van der Waals surface area contributed by atoms with E-state index in [0.29, 0.717) is 12.1 Å². The zero-order valence-corrected chi connectivity index (χ0v) is 15.3. The number of rotatable bonds is 3. The van der Waals surface area contributed by atoms with E-state index in [9.17, 15) is 30.3 Å². The van der Waals surface area contributed by atoms with Crippen molar-refractivity contribution < 1.29 is 19.9 Å². The number of benzene rings is 2. The number of hydrogen-bond acceptors (Lipinski definition) is 9. The third-order valence-electron chi connectivity index (χ3n) is 4.45. The number of non-ortho nitro benzene ring substituents is 1. The minimum absolute atomic E-state index is 0.447. The van der Waals surface area contributed by atoms with Crippen LogP contribution in [0.15, 0.2) is 42.6 Å². The third kappa shape index (κ3) is 4.06. The number of fused-ring (bicyclic) bond motifs is 3. The van der Waals surface area contributed by atoms with Crippen LogP contribution in [0.5, 0.6) is 5.75 Å². The maximum Gasteiger partial charge on any atom is 0.324 e. The number of nitro benzene ring substituents is 3. The second kappa shape index (κ2) is 8.34. The van der Waals surface area contributed by atoms with Crippen molar-refractivity contribution in [3.05, 3.63) is 78.5 Å². The van der Waals surface area contributed by atoms with E-state index in [2.05, 4.69) is 28.5 Å². The Morgan fingerprint density at radius 2 is 1.63 bits per heavy atom. The number of aromatic hydroxyl groups is 1. The summed E-state index contributed by atoms with van der Waals surface area (Å²) in [5.74, 6) is -1.21. The van der Waals surface area contributed by atoms with Crippen molar-refractivity contribution in [2.45, 2.75) is 12.8 Å². The van der Waals surface area contributed by atoms with Crippen LogP contribution in [0, 0.1) is 30.3 Å². The summed E-state index contributed by atoms with van der Waals surface area (Å²) >= 11 is 0. The summed E-state index contributed by atoms with van der Waals surface area (Å²) in [6, 6.07) is 9.33. The molecule has 154 valence electrons. The predicted molar refractivity (Wildman–Crippen MR) is 107 cm³/mol. The molecule has 4 rings (SSSR count). The van der Waals surface area contributed by atoms with Gasteiger partial charge < -0.3 is 10.4 Å². The van der Waals surface area contributed by atoms with Gasteiger partial charge >= 0.3 is 11.4 Å². The van der Waals surface area contributed by atoms with Crippen molar-refractivity contribution in [2.24, 2.45) is 0 Å². The average Bonchev–Trinajstić information content (AvgIpc) is 2.73. The van der Waals surface area contributed by atoms with Crippen LogP contribution < -0.4 is 5.32 Å². The highest BCUT2D eigenvalue weighted by Gasteiger charge is 2.30. The maximum absolute atomic E-state index is 10.4. The number of pyridine rings is 1. The highest BCUT2D eigenvalue weighted by atomic mass is 16.6. The molecule has 0 unspecified atom stereocenters.